The van der Waals surface area contributed by atoms with E-state index in [2.05, 4.69) is 15.2 Å². The van der Waals surface area contributed by atoms with Crippen molar-refractivity contribution in [1.82, 2.24) is 14.8 Å². The number of hydrogen-bond acceptors (Lipinski definition) is 7. The SMILES string of the molecule is CCOc1ccccc1N1CCN(C(=O)Cc2csc(NC(=O)CN(C(=O)c3ccccc3)C(C)C)n2)CC1. The number of aromatic nitrogens is 1. The van der Waals surface area contributed by atoms with E-state index in [1.54, 1.807) is 29.6 Å². The van der Waals surface area contributed by atoms with Gasteiger partial charge in [0.15, 0.2) is 5.13 Å². The average molecular weight is 550 g/mol. The molecule has 39 heavy (non-hydrogen) atoms. The molecule has 2 aromatic carbocycles. The number of nitrogens with one attached hydrogen (secondary N) is 1. The number of piperazine rings is 1. The molecule has 0 unspecified atom stereocenters. The van der Waals surface area contributed by atoms with E-state index in [-0.39, 0.29) is 36.7 Å². The number of thiazole rings is 1. The Hall–Kier alpha value is -3.92. The van der Waals surface area contributed by atoms with E-state index in [1.807, 2.05) is 56.0 Å². The highest BCUT2D eigenvalue weighted by molar-refractivity contribution is 7.13. The zero-order valence-electron chi connectivity index (χ0n) is 22.6. The van der Waals surface area contributed by atoms with Crippen LogP contribution in [0.25, 0.3) is 0 Å². The fraction of sp³-hybridized carbons (Fsp3) is 0.379. The molecule has 1 saturated heterocycles. The van der Waals surface area contributed by atoms with Crippen molar-refractivity contribution in [2.75, 3.05) is 49.5 Å². The number of nitrogens with zero attached hydrogens (tertiary/aromatic N) is 4. The van der Waals surface area contributed by atoms with Gasteiger partial charge in [-0.2, -0.15) is 0 Å². The molecule has 4 rings (SSSR count). The maximum absolute atomic E-state index is 13.0. The molecule has 2 heterocycles. The monoisotopic (exact) mass is 549 g/mol. The largest absolute Gasteiger partial charge is 0.492 e. The topological polar surface area (TPSA) is 95.1 Å². The summed E-state index contributed by atoms with van der Waals surface area (Å²) >= 11 is 1.27. The molecule has 3 amide bonds. The lowest BCUT2D eigenvalue weighted by Crippen LogP contribution is -2.49. The van der Waals surface area contributed by atoms with Crippen molar-refractivity contribution in [1.29, 1.82) is 0 Å². The summed E-state index contributed by atoms with van der Waals surface area (Å²) < 4.78 is 5.76. The molecule has 0 radical (unpaired) electrons. The first-order valence-electron chi connectivity index (χ1n) is 13.2. The molecule has 0 saturated carbocycles. The fourth-order valence-corrected chi connectivity index (χ4v) is 5.18. The molecule has 1 fully saturated rings. The van der Waals surface area contributed by atoms with Crippen LogP contribution < -0.4 is 15.0 Å². The van der Waals surface area contributed by atoms with Gasteiger partial charge in [-0.15, -0.1) is 11.3 Å². The second-order valence-electron chi connectivity index (χ2n) is 9.53. The van der Waals surface area contributed by atoms with Crippen LogP contribution in [-0.2, 0) is 16.0 Å². The summed E-state index contributed by atoms with van der Waals surface area (Å²) in [5.74, 6) is 0.337. The zero-order chi connectivity index (χ0) is 27.8. The first-order valence-corrected chi connectivity index (χ1v) is 14.1. The van der Waals surface area contributed by atoms with Crippen LogP contribution in [0.2, 0.25) is 0 Å². The van der Waals surface area contributed by atoms with Crippen LogP contribution in [0.1, 0.15) is 36.8 Å². The second kappa shape index (κ2) is 13.2. The molecular formula is C29H35N5O4S. The third-order valence-electron chi connectivity index (χ3n) is 6.49. The van der Waals surface area contributed by atoms with Gasteiger partial charge in [0, 0.05) is 43.2 Å². The number of rotatable bonds is 10. The standard InChI is InChI=1S/C29H35N5O4S/c1-4-38-25-13-9-8-12-24(25)32-14-16-33(17-15-32)27(36)18-23-20-39-29(30-23)31-26(35)19-34(21(2)3)28(37)22-10-6-5-7-11-22/h5-13,20-21H,4,14-19H2,1-3H3,(H,30,31,35). The molecule has 1 aliphatic rings. The number of para-hydroxylation sites is 2. The zero-order valence-corrected chi connectivity index (χ0v) is 23.4. The van der Waals surface area contributed by atoms with E-state index in [4.69, 9.17) is 4.74 Å². The van der Waals surface area contributed by atoms with Crippen molar-refractivity contribution in [3.05, 3.63) is 71.2 Å². The minimum Gasteiger partial charge on any atom is -0.492 e. The smallest absolute Gasteiger partial charge is 0.254 e. The van der Waals surface area contributed by atoms with E-state index in [9.17, 15) is 14.4 Å². The Balaban J connectivity index is 1.28. The number of benzene rings is 2. The number of hydrogen-bond donors (Lipinski definition) is 1. The molecule has 0 bridgehead atoms. The summed E-state index contributed by atoms with van der Waals surface area (Å²) in [5.41, 5.74) is 2.20. The van der Waals surface area contributed by atoms with Gasteiger partial charge in [-0.3, -0.25) is 14.4 Å². The Morgan fingerprint density at radius 1 is 1.03 bits per heavy atom. The van der Waals surface area contributed by atoms with Crippen molar-refractivity contribution in [3.8, 4) is 5.75 Å². The predicted octanol–water partition coefficient (Wildman–Crippen LogP) is 3.92. The average Bonchev–Trinajstić information content (AvgIpc) is 3.38. The van der Waals surface area contributed by atoms with E-state index in [0.717, 1.165) is 24.5 Å². The van der Waals surface area contributed by atoms with Crippen molar-refractivity contribution in [2.45, 2.75) is 33.2 Å². The van der Waals surface area contributed by atoms with Crippen LogP contribution in [0.3, 0.4) is 0 Å². The maximum Gasteiger partial charge on any atom is 0.254 e. The van der Waals surface area contributed by atoms with Crippen LogP contribution in [0.5, 0.6) is 5.75 Å². The molecule has 1 N–H and O–H groups in total. The van der Waals surface area contributed by atoms with Gasteiger partial charge in [0.05, 0.1) is 24.4 Å². The van der Waals surface area contributed by atoms with Crippen LogP contribution >= 0.6 is 11.3 Å². The van der Waals surface area contributed by atoms with Gasteiger partial charge in [0.2, 0.25) is 11.8 Å². The highest BCUT2D eigenvalue weighted by Crippen LogP contribution is 2.29. The van der Waals surface area contributed by atoms with E-state index < -0.39 is 0 Å². The third-order valence-corrected chi connectivity index (χ3v) is 7.29. The minimum absolute atomic E-state index is 0.00959. The number of carbonyl (C=O) groups is 3. The second-order valence-corrected chi connectivity index (χ2v) is 10.4. The van der Waals surface area contributed by atoms with Gasteiger partial charge >= 0.3 is 0 Å². The molecule has 10 heteroatoms. The molecule has 206 valence electrons. The lowest BCUT2D eigenvalue weighted by atomic mass is 10.1. The highest BCUT2D eigenvalue weighted by atomic mass is 32.1. The number of carbonyl (C=O) groups excluding carboxylic acids is 3. The van der Waals surface area contributed by atoms with Crippen LogP contribution in [0, 0.1) is 0 Å². The van der Waals surface area contributed by atoms with Crippen LogP contribution in [-0.4, -0.2) is 77.9 Å². The first-order chi connectivity index (χ1) is 18.9. The fourth-order valence-electron chi connectivity index (χ4n) is 4.45. The summed E-state index contributed by atoms with van der Waals surface area (Å²) in [6.07, 6.45) is 0.173. The molecule has 0 aliphatic carbocycles. The predicted molar refractivity (Wildman–Crippen MR) is 153 cm³/mol. The van der Waals surface area contributed by atoms with Crippen LogP contribution in [0.4, 0.5) is 10.8 Å². The number of ether oxygens (including phenoxy) is 1. The Labute approximate surface area is 233 Å². The number of amides is 3. The van der Waals surface area contributed by atoms with E-state index in [0.29, 0.717) is 36.1 Å². The minimum atomic E-state index is -0.330. The van der Waals surface area contributed by atoms with Gasteiger partial charge in [0.1, 0.15) is 12.3 Å². The highest BCUT2D eigenvalue weighted by Gasteiger charge is 2.25. The van der Waals surface area contributed by atoms with Gasteiger partial charge in [0.25, 0.3) is 5.91 Å². The lowest BCUT2D eigenvalue weighted by Gasteiger charge is -2.36. The maximum atomic E-state index is 13.0. The van der Waals surface area contributed by atoms with E-state index >= 15 is 0 Å². The summed E-state index contributed by atoms with van der Waals surface area (Å²) in [5, 5.41) is 4.98. The first kappa shape index (κ1) is 28.1. The third kappa shape index (κ3) is 7.35. The number of anilines is 2. The van der Waals surface area contributed by atoms with Crippen LogP contribution in [0.15, 0.2) is 60.0 Å². The molecule has 0 atom stereocenters. The van der Waals surface area contributed by atoms with Gasteiger partial charge < -0.3 is 24.8 Å². The summed E-state index contributed by atoms with van der Waals surface area (Å²) in [7, 11) is 0. The summed E-state index contributed by atoms with van der Waals surface area (Å²) in [6.45, 7) is 8.92. The van der Waals surface area contributed by atoms with Crippen molar-refractivity contribution in [2.24, 2.45) is 0 Å². The Bertz CT molecular complexity index is 1270. The summed E-state index contributed by atoms with van der Waals surface area (Å²) in [6, 6.07) is 16.7. The van der Waals surface area contributed by atoms with E-state index in [1.165, 1.54) is 16.2 Å². The Morgan fingerprint density at radius 2 is 1.72 bits per heavy atom. The van der Waals surface area contributed by atoms with Gasteiger partial charge in [-0.1, -0.05) is 30.3 Å². The molecule has 1 aliphatic heterocycles. The van der Waals surface area contributed by atoms with Crippen molar-refractivity contribution in [3.63, 3.8) is 0 Å². The molecule has 9 nitrogen and oxygen atoms in total. The molecular weight excluding hydrogens is 514 g/mol. The van der Waals surface area contributed by atoms with Gasteiger partial charge in [-0.05, 0) is 45.0 Å². The molecule has 1 aromatic heterocycles. The van der Waals surface area contributed by atoms with Crippen molar-refractivity contribution < 1.29 is 19.1 Å². The quantitative estimate of drug-likeness (QED) is 0.412. The Kier molecular flexibility index (Phi) is 9.54. The van der Waals surface area contributed by atoms with Gasteiger partial charge in [-0.25, -0.2) is 4.98 Å². The van der Waals surface area contributed by atoms with Crippen molar-refractivity contribution >= 4 is 39.9 Å². The Morgan fingerprint density at radius 3 is 2.41 bits per heavy atom. The normalized spacial score (nSPS) is 13.3. The lowest BCUT2D eigenvalue weighted by molar-refractivity contribution is -0.130. The summed E-state index contributed by atoms with van der Waals surface area (Å²) in [4.78, 5) is 48.6. The molecule has 0 spiro atoms. The molecule has 3 aromatic rings.